The molecular weight excluding hydrogens is 298 g/mol. The minimum Gasteiger partial charge on any atom is -0.303 e. The first-order chi connectivity index (χ1) is 8.27. The van der Waals surface area contributed by atoms with E-state index in [1.807, 2.05) is 0 Å². The van der Waals surface area contributed by atoms with Gasteiger partial charge in [-0.05, 0) is 26.7 Å². The summed E-state index contributed by atoms with van der Waals surface area (Å²) in [6, 6.07) is 0. The molecule has 0 saturated heterocycles. The Morgan fingerprint density at radius 3 is 1.89 bits per heavy atom. The topological polar surface area (TPSA) is 123 Å². The predicted molar refractivity (Wildman–Crippen MR) is 68.4 cm³/mol. The summed E-state index contributed by atoms with van der Waals surface area (Å²) in [5, 5.41) is 0. The molecule has 8 nitrogen and oxygen atoms in total. The van der Waals surface area contributed by atoms with Crippen molar-refractivity contribution in [3.63, 3.8) is 0 Å². The fourth-order valence-electron chi connectivity index (χ4n) is 1.06. The molecule has 0 aromatic heterocycles. The Kier molecular flexibility index (Phi) is 6.86. The molecule has 0 aromatic carbocycles. The van der Waals surface area contributed by atoms with Crippen LogP contribution in [-0.2, 0) is 22.7 Å². The van der Waals surface area contributed by atoms with Gasteiger partial charge in [-0.25, -0.2) is 9.13 Å². The molecule has 10 heteroatoms. The second-order valence-electron chi connectivity index (χ2n) is 4.95. The second-order valence-corrected chi connectivity index (χ2v) is 7.52. The zero-order valence-corrected chi connectivity index (χ0v) is 13.4. The maximum absolute atomic E-state index is 11.7. The van der Waals surface area contributed by atoms with Gasteiger partial charge in [0.1, 0.15) is 5.60 Å². The number of phosphoric acid groups is 2. The second kappa shape index (κ2) is 6.78. The van der Waals surface area contributed by atoms with Crippen LogP contribution in [0.3, 0.4) is 0 Å². The van der Waals surface area contributed by atoms with Gasteiger partial charge in [-0.3, -0.25) is 13.6 Å². The molecule has 2 atom stereocenters. The van der Waals surface area contributed by atoms with Crippen molar-refractivity contribution in [3.8, 4) is 0 Å². The van der Waals surface area contributed by atoms with Gasteiger partial charge in [0.25, 0.3) is 0 Å². The summed E-state index contributed by atoms with van der Waals surface area (Å²) in [5.74, 6) is -0.338. The summed E-state index contributed by atoms with van der Waals surface area (Å²) in [5.41, 5.74) is -1.37. The summed E-state index contributed by atoms with van der Waals surface area (Å²) >= 11 is 0. The van der Waals surface area contributed by atoms with Crippen LogP contribution in [0.15, 0.2) is 0 Å². The van der Waals surface area contributed by atoms with E-state index in [9.17, 15) is 14.0 Å². The van der Waals surface area contributed by atoms with E-state index >= 15 is 0 Å². The van der Waals surface area contributed by atoms with E-state index in [0.29, 0.717) is 0 Å². The maximum Gasteiger partial charge on any atom is 0.473 e. The fraction of sp³-hybridized carbons (Fsp3) is 1.00. The van der Waals surface area contributed by atoms with Crippen LogP contribution < -0.4 is 0 Å². The van der Waals surface area contributed by atoms with Gasteiger partial charge in [-0.2, -0.15) is 0 Å². The number of hydrogen-bond acceptors (Lipinski definition) is 5. The largest absolute Gasteiger partial charge is 0.473 e. The smallest absolute Gasteiger partial charge is 0.303 e. The molecule has 0 aliphatic rings. The molecule has 3 N–H and O–H groups in total. The Morgan fingerprint density at radius 2 is 1.58 bits per heavy atom. The van der Waals surface area contributed by atoms with Gasteiger partial charge in [0.2, 0.25) is 0 Å². The first-order valence-electron chi connectivity index (χ1n) is 5.69. The lowest BCUT2D eigenvalue weighted by Gasteiger charge is -2.34. The maximum atomic E-state index is 11.7. The third-order valence-electron chi connectivity index (χ3n) is 2.41. The van der Waals surface area contributed by atoms with Gasteiger partial charge in [-0.15, -0.1) is 0 Å². The quantitative estimate of drug-likeness (QED) is 0.581. The molecule has 0 aromatic rings. The van der Waals surface area contributed by atoms with E-state index in [1.165, 1.54) is 6.92 Å². The highest BCUT2D eigenvalue weighted by atomic mass is 31.2. The molecule has 0 spiro atoms. The molecule has 0 aliphatic heterocycles. The summed E-state index contributed by atoms with van der Waals surface area (Å²) in [6.07, 6.45) is -0.532. The molecule has 0 fully saturated rings. The minimum atomic E-state index is -4.69. The molecule has 0 aliphatic carbocycles. The molecule has 0 rings (SSSR count). The van der Waals surface area contributed by atoms with Crippen molar-refractivity contribution in [2.45, 2.75) is 46.3 Å². The van der Waals surface area contributed by atoms with Gasteiger partial charge >= 0.3 is 15.6 Å². The lowest BCUT2D eigenvalue weighted by molar-refractivity contribution is -0.0416. The Bertz CT molecular complexity index is 376. The zero-order valence-electron chi connectivity index (χ0n) is 11.6. The first kappa shape index (κ1) is 19.2. The molecular formula is C9H22O8P2. The Morgan fingerprint density at radius 1 is 1.11 bits per heavy atom. The van der Waals surface area contributed by atoms with Crippen molar-refractivity contribution < 1.29 is 37.4 Å². The zero-order chi connectivity index (χ0) is 15.5. The van der Waals surface area contributed by atoms with E-state index in [1.54, 1.807) is 27.7 Å². The van der Waals surface area contributed by atoms with Crippen LogP contribution in [0, 0.1) is 5.92 Å². The average molecular weight is 320 g/mol. The van der Waals surface area contributed by atoms with Crippen LogP contribution in [0.1, 0.15) is 34.6 Å². The minimum absolute atomic E-state index is 0.338. The van der Waals surface area contributed by atoms with Gasteiger partial charge < -0.3 is 14.7 Å². The van der Waals surface area contributed by atoms with Crippen LogP contribution in [0.2, 0.25) is 0 Å². The summed E-state index contributed by atoms with van der Waals surface area (Å²) in [4.78, 5) is 26.9. The lowest BCUT2D eigenvalue weighted by Crippen LogP contribution is -2.39. The summed E-state index contributed by atoms with van der Waals surface area (Å²) < 4.78 is 36.6. The Balaban J connectivity index is 4.90. The predicted octanol–water partition coefficient (Wildman–Crippen LogP) is 2.05. The third-order valence-corrected chi connectivity index (χ3v) is 4.21. The van der Waals surface area contributed by atoms with Crippen molar-refractivity contribution in [1.29, 1.82) is 0 Å². The molecule has 0 saturated carbocycles. The van der Waals surface area contributed by atoms with Crippen LogP contribution in [0.4, 0.5) is 0 Å². The Hall–Kier alpha value is 0.220. The van der Waals surface area contributed by atoms with Gasteiger partial charge in [0.15, 0.2) is 0 Å². The van der Waals surface area contributed by atoms with Crippen LogP contribution >= 0.6 is 15.6 Å². The van der Waals surface area contributed by atoms with Crippen molar-refractivity contribution >= 4 is 15.6 Å². The first-order valence-corrected chi connectivity index (χ1v) is 8.72. The van der Waals surface area contributed by atoms with Gasteiger partial charge in [0, 0.05) is 0 Å². The molecule has 2 unspecified atom stereocenters. The van der Waals surface area contributed by atoms with Crippen molar-refractivity contribution in [2.24, 2.45) is 5.92 Å². The van der Waals surface area contributed by atoms with E-state index in [4.69, 9.17) is 18.8 Å². The van der Waals surface area contributed by atoms with Crippen LogP contribution in [0.5, 0.6) is 0 Å². The number of hydrogen-bond donors (Lipinski definition) is 3. The molecule has 0 bridgehead atoms. The lowest BCUT2D eigenvalue weighted by atomic mass is 9.94. The highest BCUT2D eigenvalue weighted by Crippen LogP contribution is 2.51. The molecule has 0 heterocycles. The van der Waals surface area contributed by atoms with Gasteiger partial charge in [-0.1, -0.05) is 13.8 Å². The molecule has 116 valence electrons. The molecule has 19 heavy (non-hydrogen) atoms. The van der Waals surface area contributed by atoms with Crippen molar-refractivity contribution in [3.05, 3.63) is 0 Å². The molecule has 0 amide bonds. The standard InChI is InChI=1S/C9H22O8P2/c1-7(2)9(5,6-15-18(10,11)12)17-19(13,14)16-8(3)4/h7-8H,6H2,1-5H3,(H,13,14)(H2,10,11,12). The summed E-state index contributed by atoms with van der Waals surface area (Å²) in [7, 11) is -9.03. The van der Waals surface area contributed by atoms with E-state index in [-0.39, 0.29) is 5.92 Å². The van der Waals surface area contributed by atoms with Crippen LogP contribution in [-0.4, -0.2) is 33.0 Å². The third kappa shape index (κ3) is 8.17. The van der Waals surface area contributed by atoms with E-state index in [2.05, 4.69) is 4.52 Å². The SMILES string of the molecule is CC(C)OP(=O)(O)OC(C)(COP(=O)(O)O)C(C)C. The van der Waals surface area contributed by atoms with E-state index < -0.39 is 34.0 Å². The fourth-order valence-corrected chi connectivity index (χ4v) is 2.85. The van der Waals surface area contributed by atoms with Gasteiger partial charge in [0.05, 0.1) is 12.7 Å². The van der Waals surface area contributed by atoms with Crippen molar-refractivity contribution in [2.75, 3.05) is 6.61 Å². The highest BCUT2D eigenvalue weighted by Gasteiger charge is 2.40. The number of phosphoric ester groups is 2. The van der Waals surface area contributed by atoms with Crippen LogP contribution in [0.25, 0.3) is 0 Å². The Labute approximate surface area is 112 Å². The van der Waals surface area contributed by atoms with Crippen molar-refractivity contribution in [1.82, 2.24) is 0 Å². The number of rotatable bonds is 8. The normalized spacial score (nSPS) is 19.5. The molecule has 0 radical (unpaired) electrons. The average Bonchev–Trinajstić information content (AvgIpc) is 2.10. The summed E-state index contributed by atoms with van der Waals surface area (Å²) in [6.45, 7) is 7.33. The highest BCUT2D eigenvalue weighted by molar-refractivity contribution is 7.47. The van der Waals surface area contributed by atoms with E-state index in [0.717, 1.165) is 0 Å². The monoisotopic (exact) mass is 320 g/mol.